The minimum absolute atomic E-state index is 0.0358. The van der Waals surface area contributed by atoms with Crippen molar-refractivity contribution in [3.8, 4) is 0 Å². The van der Waals surface area contributed by atoms with E-state index < -0.39 is 10.8 Å². The number of thiophene rings is 1. The molecule has 152 valence electrons. The van der Waals surface area contributed by atoms with Gasteiger partial charge in [0.1, 0.15) is 4.83 Å². The zero-order chi connectivity index (χ0) is 20.4. The van der Waals surface area contributed by atoms with Crippen molar-refractivity contribution in [2.45, 2.75) is 42.8 Å². The van der Waals surface area contributed by atoms with Gasteiger partial charge in [-0.2, -0.15) is 0 Å². The summed E-state index contributed by atoms with van der Waals surface area (Å²) >= 11 is 3.17. The lowest BCUT2D eigenvalue weighted by molar-refractivity contribution is 0.509. The number of aromatic nitrogens is 2. The predicted molar refractivity (Wildman–Crippen MR) is 124 cm³/mol. The molecule has 0 radical (unpaired) electrons. The van der Waals surface area contributed by atoms with Crippen LogP contribution in [-0.2, 0) is 30.2 Å². The van der Waals surface area contributed by atoms with Gasteiger partial charge in [0.25, 0.3) is 5.56 Å². The van der Waals surface area contributed by atoms with Crippen molar-refractivity contribution in [3.05, 3.63) is 63.8 Å². The topological polar surface area (TPSA) is 52.0 Å². The Hall–Kier alpha value is -1.70. The Kier molecular flexibility index (Phi) is 6.37. The second-order valence-electron chi connectivity index (χ2n) is 7.34. The van der Waals surface area contributed by atoms with Crippen LogP contribution in [0.2, 0.25) is 0 Å². The highest BCUT2D eigenvalue weighted by Crippen LogP contribution is 2.36. The van der Waals surface area contributed by atoms with Crippen LogP contribution in [0.25, 0.3) is 10.2 Å². The van der Waals surface area contributed by atoms with E-state index in [0.29, 0.717) is 29.1 Å². The molecule has 0 fully saturated rings. The van der Waals surface area contributed by atoms with Crippen LogP contribution in [0.5, 0.6) is 0 Å². The van der Waals surface area contributed by atoms with E-state index in [0.717, 1.165) is 34.4 Å². The SMILES string of the molecule is C=CCn1c(SCC[S@](=O)c2ccccc2)nc2sc3c(c2c1=O)CC[C@H](C)C3. The number of allylic oxidation sites excluding steroid dienone is 1. The van der Waals surface area contributed by atoms with E-state index in [4.69, 9.17) is 4.98 Å². The fourth-order valence-electron chi connectivity index (χ4n) is 3.70. The maximum atomic E-state index is 13.3. The first-order valence-electron chi connectivity index (χ1n) is 9.80. The molecular formula is C22H24N2O2S3. The molecule has 0 saturated heterocycles. The summed E-state index contributed by atoms with van der Waals surface area (Å²) in [5, 5.41) is 1.50. The fourth-order valence-corrected chi connectivity index (χ4v) is 7.42. The standard InChI is InChI=1S/C22H24N2O2S3/c1-3-11-24-21(25)19-17-10-9-15(2)14-18(17)28-20(19)23-22(24)27-12-13-29(26)16-7-5-4-6-8-16/h3-8,15H,1,9-14H2,2H3/t15-,29-/m0/s1. The Morgan fingerprint density at radius 1 is 1.38 bits per heavy atom. The molecule has 1 aliphatic rings. The van der Waals surface area contributed by atoms with Gasteiger partial charge in [-0.1, -0.05) is 43.0 Å². The van der Waals surface area contributed by atoms with Gasteiger partial charge in [-0.15, -0.1) is 17.9 Å². The first kappa shape index (κ1) is 20.6. The minimum atomic E-state index is -1.05. The summed E-state index contributed by atoms with van der Waals surface area (Å²) in [5.41, 5.74) is 1.24. The molecule has 2 atom stereocenters. The molecule has 0 aliphatic heterocycles. The van der Waals surface area contributed by atoms with E-state index in [1.807, 2.05) is 30.3 Å². The number of fused-ring (bicyclic) bond motifs is 3. The Balaban J connectivity index is 1.61. The van der Waals surface area contributed by atoms with Crippen molar-refractivity contribution < 1.29 is 4.21 Å². The van der Waals surface area contributed by atoms with Crippen molar-refractivity contribution in [3.63, 3.8) is 0 Å². The molecule has 0 unspecified atom stereocenters. The van der Waals surface area contributed by atoms with E-state index in [9.17, 15) is 9.00 Å². The highest BCUT2D eigenvalue weighted by molar-refractivity contribution is 8.00. The smallest absolute Gasteiger partial charge is 0.263 e. The maximum absolute atomic E-state index is 13.3. The number of aryl methyl sites for hydroxylation is 1. The van der Waals surface area contributed by atoms with Crippen molar-refractivity contribution >= 4 is 44.1 Å². The lowest BCUT2D eigenvalue weighted by atomic mass is 9.89. The lowest BCUT2D eigenvalue weighted by Gasteiger charge is -2.17. The largest absolute Gasteiger partial charge is 0.283 e. The zero-order valence-electron chi connectivity index (χ0n) is 16.4. The summed E-state index contributed by atoms with van der Waals surface area (Å²) in [6.07, 6.45) is 4.86. The molecule has 4 nitrogen and oxygen atoms in total. The van der Waals surface area contributed by atoms with Gasteiger partial charge in [0.2, 0.25) is 0 Å². The molecule has 1 aromatic carbocycles. The van der Waals surface area contributed by atoms with Crippen LogP contribution in [0.4, 0.5) is 0 Å². The van der Waals surface area contributed by atoms with Gasteiger partial charge in [0, 0.05) is 27.8 Å². The van der Waals surface area contributed by atoms with Gasteiger partial charge < -0.3 is 0 Å². The second-order valence-corrected chi connectivity index (χ2v) is 11.1. The molecule has 0 spiro atoms. The molecule has 3 aromatic rings. The lowest BCUT2D eigenvalue weighted by Crippen LogP contribution is -2.23. The van der Waals surface area contributed by atoms with Crippen LogP contribution in [0.1, 0.15) is 23.8 Å². The molecule has 29 heavy (non-hydrogen) atoms. The molecule has 4 rings (SSSR count). The number of rotatable bonds is 7. The van der Waals surface area contributed by atoms with Gasteiger partial charge in [0.15, 0.2) is 5.16 Å². The van der Waals surface area contributed by atoms with E-state index >= 15 is 0 Å². The second kappa shape index (κ2) is 8.98. The van der Waals surface area contributed by atoms with Gasteiger partial charge in [-0.3, -0.25) is 13.6 Å². The number of nitrogens with zero attached hydrogens (tertiary/aromatic N) is 2. The summed E-state index contributed by atoms with van der Waals surface area (Å²) in [4.78, 5) is 21.1. The van der Waals surface area contributed by atoms with Crippen LogP contribution in [0.15, 0.2) is 57.8 Å². The summed E-state index contributed by atoms with van der Waals surface area (Å²) in [6.45, 7) is 6.51. The number of benzene rings is 1. The van der Waals surface area contributed by atoms with Crippen LogP contribution in [-0.4, -0.2) is 25.3 Å². The molecule has 1 aliphatic carbocycles. The summed E-state index contributed by atoms with van der Waals surface area (Å²) in [6, 6.07) is 9.49. The van der Waals surface area contributed by atoms with Crippen molar-refractivity contribution in [1.29, 1.82) is 0 Å². The van der Waals surface area contributed by atoms with E-state index in [2.05, 4.69) is 13.5 Å². The third-order valence-corrected chi connectivity index (χ3v) is 8.96. The Morgan fingerprint density at radius 2 is 2.17 bits per heavy atom. The molecule has 2 heterocycles. The van der Waals surface area contributed by atoms with Gasteiger partial charge in [-0.25, -0.2) is 4.98 Å². The summed E-state index contributed by atoms with van der Waals surface area (Å²) < 4.78 is 14.2. The average molecular weight is 445 g/mol. The molecule has 7 heteroatoms. The molecule has 0 saturated carbocycles. The highest BCUT2D eigenvalue weighted by Gasteiger charge is 2.24. The average Bonchev–Trinajstić information content (AvgIpc) is 3.08. The Bertz CT molecular complexity index is 1120. The van der Waals surface area contributed by atoms with Gasteiger partial charge >= 0.3 is 0 Å². The van der Waals surface area contributed by atoms with Crippen LogP contribution in [0, 0.1) is 5.92 Å². The molecule has 2 aromatic heterocycles. The van der Waals surface area contributed by atoms with E-state index in [1.54, 1.807) is 22.0 Å². The van der Waals surface area contributed by atoms with E-state index in [-0.39, 0.29) is 5.56 Å². The number of hydrogen-bond acceptors (Lipinski definition) is 5. The summed E-state index contributed by atoms with van der Waals surface area (Å²) in [5.74, 6) is 1.82. The van der Waals surface area contributed by atoms with Crippen LogP contribution < -0.4 is 5.56 Å². The predicted octanol–water partition coefficient (Wildman–Crippen LogP) is 4.67. The third kappa shape index (κ3) is 4.27. The molecule has 0 amide bonds. The van der Waals surface area contributed by atoms with Gasteiger partial charge in [-0.05, 0) is 42.9 Å². The zero-order valence-corrected chi connectivity index (χ0v) is 18.9. The van der Waals surface area contributed by atoms with Crippen molar-refractivity contribution in [1.82, 2.24) is 9.55 Å². The molecular weight excluding hydrogens is 420 g/mol. The number of hydrogen-bond donors (Lipinski definition) is 0. The number of thioether (sulfide) groups is 1. The molecule has 0 bridgehead atoms. The fraction of sp³-hybridized carbons (Fsp3) is 0.364. The Morgan fingerprint density at radius 3 is 2.93 bits per heavy atom. The summed E-state index contributed by atoms with van der Waals surface area (Å²) in [7, 11) is -1.05. The van der Waals surface area contributed by atoms with Crippen LogP contribution in [0.3, 0.4) is 0 Å². The quantitative estimate of drug-likeness (QED) is 0.302. The first-order chi connectivity index (χ1) is 14.1. The highest BCUT2D eigenvalue weighted by atomic mass is 32.2. The van der Waals surface area contributed by atoms with Crippen molar-refractivity contribution in [2.24, 2.45) is 5.92 Å². The van der Waals surface area contributed by atoms with Gasteiger partial charge in [0.05, 0.1) is 16.2 Å². The van der Waals surface area contributed by atoms with Crippen molar-refractivity contribution in [2.75, 3.05) is 11.5 Å². The van der Waals surface area contributed by atoms with E-state index in [1.165, 1.54) is 22.2 Å². The van der Waals surface area contributed by atoms with Crippen LogP contribution >= 0.6 is 23.1 Å². The minimum Gasteiger partial charge on any atom is -0.283 e. The normalized spacial score (nSPS) is 17.2. The maximum Gasteiger partial charge on any atom is 0.263 e. The monoisotopic (exact) mass is 444 g/mol. The molecule has 0 N–H and O–H groups in total. The Labute approximate surface area is 181 Å². The third-order valence-electron chi connectivity index (χ3n) is 5.20. The first-order valence-corrected chi connectivity index (χ1v) is 12.9.